The molecule has 2 bridgehead atoms. The van der Waals surface area contributed by atoms with Crippen LogP contribution in [0.4, 0.5) is 9.59 Å². The minimum absolute atomic E-state index is 0.226. The van der Waals surface area contributed by atoms with Crippen LogP contribution in [0.2, 0.25) is 0 Å². The van der Waals surface area contributed by atoms with Gasteiger partial charge < -0.3 is 34.1 Å². The smallest absolute Gasteiger partial charge is 0.414 e. The molecular formula is C27H37N3O6. The van der Waals surface area contributed by atoms with Crippen LogP contribution in [-0.4, -0.2) is 80.6 Å². The van der Waals surface area contributed by atoms with Crippen molar-refractivity contribution in [1.29, 1.82) is 0 Å². The fourth-order valence-electron chi connectivity index (χ4n) is 6.47. The second kappa shape index (κ2) is 8.87. The summed E-state index contributed by atoms with van der Waals surface area (Å²) in [5, 5.41) is 2.67. The van der Waals surface area contributed by atoms with E-state index in [-0.39, 0.29) is 24.6 Å². The van der Waals surface area contributed by atoms with Gasteiger partial charge >= 0.3 is 12.2 Å². The van der Waals surface area contributed by atoms with Crippen molar-refractivity contribution in [2.24, 2.45) is 5.92 Å². The van der Waals surface area contributed by atoms with Crippen LogP contribution in [0.5, 0.6) is 11.5 Å². The Balaban J connectivity index is 1.33. The number of hydrogen-bond donors (Lipinski definition) is 1. The molecule has 0 aromatic heterocycles. The topological polar surface area (TPSA) is 89.6 Å². The Kier molecular flexibility index (Phi) is 6.09. The van der Waals surface area contributed by atoms with Crippen molar-refractivity contribution < 1.29 is 28.5 Å². The van der Waals surface area contributed by atoms with E-state index in [1.54, 1.807) is 34.9 Å². The second-order valence-corrected chi connectivity index (χ2v) is 11.3. The van der Waals surface area contributed by atoms with Crippen LogP contribution < -0.4 is 14.8 Å². The number of ether oxygens (including phenoxy) is 4. The average Bonchev–Trinajstić information content (AvgIpc) is 3.16. The first kappa shape index (κ1) is 24.7. The van der Waals surface area contributed by atoms with Gasteiger partial charge in [-0.15, -0.1) is 0 Å². The first-order valence-corrected chi connectivity index (χ1v) is 12.7. The summed E-state index contributed by atoms with van der Waals surface area (Å²) in [5.74, 6) is 2.48. The number of hydrogen-bond acceptors (Lipinski definition) is 7. The van der Waals surface area contributed by atoms with Crippen LogP contribution in [0.25, 0.3) is 0 Å². The van der Waals surface area contributed by atoms with Crippen LogP contribution in [0.15, 0.2) is 24.0 Å². The minimum Gasteiger partial charge on any atom is -0.493 e. The predicted molar refractivity (Wildman–Crippen MR) is 133 cm³/mol. The number of nitrogens with one attached hydrogen (secondary N) is 1. The average molecular weight is 500 g/mol. The standard InChI is InChI=1S/C27H37N3O6/c1-26(2,3)36-24(31)28-12-14-30(5)25(32)34-20-10-8-17-18-15-16-7-9-19(33-6)22-21(16)27(17,23(20)35-22)11-13-29(18)4/h7,9-10,17-18,23H,8,11-15H2,1-6H3,(H,28,31). The second-order valence-electron chi connectivity index (χ2n) is 11.3. The highest BCUT2D eigenvalue weighted by Crippen LogP contribution is 2.63. The zero-order chi connectivity index (χ0) is 25.8. The molecule has 2 aliphatic carbocycles. The molecule has 2 aliphatic heterocycles. The van der Waals surface area contributed by atoms with E-state index >= 15 is 0 Å². The van der Waals surface area contributed by atoms with Gasteiger partial charge in [0.1, 0.15) is 11.4 Å². The Hall–Kier alpha value is -2.94. The minimum atomic E-state index is -0.576. The van der Waals surface area contributed by atoms with Gasteiger partial charge in [0.15, 0.2) is 17.6 Å². The van der Waals surface area contributed by atoms with E-state index in [1.807, 2.05) is 12.1 Å². The molecule has 9 heteroatoms. The molecule has 0 saturated carbocycles. The van der Waals surface area contributed by atoms with Crippen molar-refractivity contribution in [2.75, 3.05) is 40.8 Å². The summed E-state index contributed by atoms with van der Waals surface area (Å²) in [6.07, 6.45) is 3.43. The number of piperidine rings is 1. The van der Waals surface area contributed by atoms with Gasteiger partial charge in [0.2, 0.25) is 0 Å². The Morgan fingerprint density at radius 1 is 1.31 bits per heavy atom. The van der Waals surface area contributed by atoms with Gasteiger partial charge in [0.05, 0.1) is 7.11 Å². The third-order valence-electron chi connectivity index (χ3n) is 8.06. The number of carbonyl (C=O) groups excluding carboxylic acids is 2. The Morgan fingerprint density at radius 3 is 2.81 bits per heavy atom. The maximum Gasteiger partial charge on any atom is 0.414 e. The van der Waals surface area contributed by atoms with Gasteiger partial charge in [-0.3, -0.25) is 0 Å². The maximum absolute atomic E-state index is 13.0. The van der Waals surface area contributed by atoms with Gasteiger partial charge in [-0.25, -0.2) is 9.59 Å². The number of likely N-dealkylation sites (tertiary alicyclic amines) is 1. The first-order chi connectivity index (χ1) is 17.0. The summed E-state index contributed by atoms with van der Waals surface area (Å²) < 4.78 is 23.5. The quantitative estimate of drug-likeness (QED) is 0.664. The van der Waals surface area contributed by atoms with Crippen molar-refractivity contribution in [3.8, 4) is 11.5 Å². The van der Waals surface area contributed by atoms with Gasteiger partial charge in [0, 0.05) is 37.2 Å². The van der Waals surface area contributed by atoms with Crippen LogP contribution in [-0.2, 0) is 21.3 Å². The fourth-order valence-corrected chi connectivity index (χ4v) is 6.47. The van der Waals surface area contributed by atoms with E-state index in [4.69, 9.17) is 18.9 Å². The van der Waals surface area contributed by atoms with E-state index in [1.165, 1.54) is 16.0 Å². The Morgan fingerprint density at radius 2 is 2.08 bits per heavy atom. The molecule has 36 heavy (non-hydrogen) atoms. The predicted octanol–water partition coefficient (Wildman–Crippen LogP) is 3.45. The highest BCUT2D eigenvalue weighted by molar-refractivity contribution is 5.70. The zero-order valence-corrected chi connectivity index (χ0v) is 22.1. The molecule has 1 N–H and O–H groups in total. The first-order valence-electron chi connectivity index (χ1n) is 12.7. The van der Waals surface area contributed by atoms with Crippen molar-refractivity contribution in [2.45, 2.75) is 63.2 Å². The van der Waals surface area contributed by atoms with E-state index < -0.39 is 17.8 Å². The lowest BCUT2D eigenvalue weighted by atomic mass is 9.53. The number of benzene rings is 1. The lowest BCUT2D eigenvalue weighted by Crippen LogP contribution is -2.63. The number of allylic oxidation sites excluding steroid dienone is 1. The number of likely N-dealkylation sites (N-methyl/N-ethyl adjacent to an activating group) is 2. The molecule has 4 aliphatic rings. The summed E-state index contributed by atoms with van der Waals surface area (Å²) in [4.78, 5) is 28.8. The van der Waals surface area contributed by atoms with Crippen molar-refractivity contribution >= 4 is 12.2 Å². The van der Waals surface area contributed by atoms with Crippen LogP contribution in [0.3, 0.4) is 0 Å². The molecule has 2 heterocycles. The molecule has 9 nitrogen and oxygen atoms in total. The van der Waals surface area contributed by atoms with Crippen molar-refractivity contribution in [1.82, 2.24) is 15.1 Å². The maximum atomic E-state index is 13.0. The number of amides is 2. The molecule has 1 saturated heterocycles. The third-order valence-corrected chi connectivity index (χ3v) is 8.06. The van der Waals surface area contributed by atoms with Crippen LogP contribution in [0, 0.1) is 5.92 Å². The number of nitrogens with zero attached hydrogens (tertiary/aromatic N) is 2. The zero-order valence-electron chi connectivity index (χ0n) is 22.1. The number of rotatable bonds is 5. The highest BCUT2D eigenvalue weighted by Gasteiger charge is 2.64. The number of carbonyl (C=O) groups is 2. The van der Waals surface area contributed by atoms with Crippen LogP contribution >= 0.6 is 0 Å². The normalized spacial score (nSPS) is 27.8. The van der Waals surface area contributed by atoms with Gasteiger partial charge in [-0.1, -0.05) is 6.07 Å². The van der Waals surface area contributed by atoms with Gasteiger partial charge in [-0.2, -0.15) is 0 Å². The summed E-state index contributed by atoms with van der Waals surface area (Å²) in [6, 6.07) is 4.58. The molecule has 4 unspecified atom stereocenters. The summed E-state index contributed by atoms with van der Waals surface area (Å²) in [5.41, 5.74) is 1.75. The summed E-state index contributed by atoms with van der Waals surface area (Å²) in [7, 11) is 5.52. The number of methoxy groups -OCH3 is 1. The van der Waals surface area contributed by atoms with Crippen molar-refractivity contribution in [3.63, 3.8) is 0 Å². The van der Waals surface area contributed by atoms with E-state index in [0.29, 0.717) is 17.7 Å². The Labute approximate surface area is 212 Å². The van der Waals surface area contributed by atoms with E-state index in [9.17, 15) is 9.59 Å². The molecule has 1 aromatic rings. The molecule has 1 spiro atoms. The molecule has 2 amide bonds. The van der Waals surface area contributed by atoms with E-state index in [0.717, 1.165) is 37.3 Å². The number of alkyl carbamates (subject to hydrolysis) is 1. The summed E-state index contributed by atoms with van der Waals surface area (Å²) in [6.45, 7) is 6.92. The Bertz CT molecular complexity index is 1100. The molecule has 1 fully saturated rings. The van der Waals surface area contributed by atoms with Crippen molar-refractivity contribution in [3.05, 3.63) is 35.1 Å². The van der Waals surface area contributed by atoms with Gasteiger partial charge in [0.25, 0.3) is 0 Å². The van der Waals surface area contributed by atoms with Crippen LogP contribution in [0.1, 0.15) is 44.7 Å². The molecule has 0 radical (unpaired) electrons. The molecule has 196 valence electrons. The highest BCUT2D eigenvalue weighted by atomic mass is 16.6. The monoisotopic (exact) mass is 499 g/mol. The SMILES string of the molecule is COc1ccc2c3c1OC1C(OC(=O)N(C)CCNC(=O)OC(C)(C)C)=CCC4C(C2)N(C)CCC314. The lowest BCUT2D eigenvalue weighted by molar-refractivity contribution is -0.0259. The van der Waals surface area contributed by atoms with E-state index in [2.05, 4.69) is 23.3 Å². The lowest BCUT2D eigenvalue weighted by Gasteiger charge is -2.56. The molecule has 1 aromatic carbocycles. The molecule has 4 atom stereocenters. The third kappa shape index (κ3) is 3.97. The van der Waals surface area contributed by atoms with Gasteiger partial charge in [-0.05, 0) is 77.2 Å². The fraction of sp³-hybridized carbons (Fsp3) is 0.630. The summed E-state index contributed by atoms with van der Waals surface area (Å²) >= 11 is 0. The largest absolute Gasteiger partial charge is 0.493 e. The molecular weight excluding hydrogens is 462 g/mol. The molecule has 5 rings (SSSR count).